The molecule has 0 aliphatic rings. The lowest BCUT2D eigenvalue weighted by Crippen LogP contribution is -2.05. The van der Waals surface area contributed by atoms with E-state index < -0.39 is 0 Å². The van der Waals surface area contributed by atoms with Crippen LogP contribution >= 0.6 is 0 Å². The number of aliphatic imine (C=N–C) groups is 3. The number of aryl methyl sites for hydroxylation is 12. The van der Waals surface area contributed by atoms with Crippen molar-refractivity contribution in [1.29, 1.82) is 0 Å². The highest BCUT2D eigenvalue weighted by molar-refractivity contribution is 6.16. The van der Waals surface area contributed by atoms with Gasteiger partial charge in [0, 0.05) is 61.9 Å². The summed E-state index contributed by atoms with van der Waals surface area (Å²) in [5.41, 5.74) is 35.5. The number of fused-ring (bicyclic) bond motifs is 6. The molecule has 3 aromatic heterocycles. The van der Waals surface area contributed by atoms with Crippen molar-refractivity contribution in [3.8, 4) is 67.0 Å². The fourth-order valence-corrected chi connectivity index (χ4v) is 15.2. The summed E-state index contributed by atoms with van der Waals surface area (Å²) in [4.78, 5) is 20.5. The van der Waals surface area contributed by atoms with Crippen molar-refractivity contribution in [2.75, 3.05) is 0 Å². The molecule has 0 amide bonds. The van der Waals surface area contributed by atoms with Crippen molar-refractivity contribution in [2.24, 2.45) is 15.0 Å². The SMILES string of the molecule is C=N/C(=N\C(=N/c1ccc(-n2c3ccc(-c4c(C)cc(C)cc4C)cc3c3cc(-c4c(C)cc(C)cc4C)ccc32)cc1-c1cnccc1-n1c2ccc(-c3c(C)cc(C)cc3C)cc2c2cc(-c3c(C)cc(C)cc3C)ccc21)c1ccccc1)c1ccccc1. The number of aromatic nitrogens is 3. The van der Waals surface area contributed by atoms with E-state index in [0.717, 1.165) is 66.5 Å². The van der Waals surface area contributed by atoms with Crippen molar-refractivity contribution in [3.05, 3.63) is 297 Å². The summed E-state index contributed by atoms with van der Waals surface area (Å²) in [7, 11) is 0. The van der Waals surface area contributed by atoms with Crippen LogP contribution < -0.4 is 0 Å². The first-order chi connectivity index (χ1) is 44.5. The van der Waals surface area contributed by atoms with E-state index in [1.165, 1.54) is 122 Å². The van der Waals surface area contributed by atoms with E-state index in [9.17, 15) is 0 Å². The number of hydrogen-bond donors (Lipinski definition) is 0. The van der Waals surface area contributed by atoms with Gasteiger partial charge in [0.1, 0.15) is 0 Å². The minimum Gasteiger partial charge on any atom is -0.309 e. The summed E-state index contributed by atoms with van der Waals surface area (Å²) < 4.78 is 4.88. The lowest BCUT2D eigenvalue weighted by molar-refractivity contribution is 1.15. The molecule has 0 atom stereocenters. The molecule has 0 N–H and O–H groups in total. The number of rotatable bonds is 10. The smallest absolute Gasteiger partial charge is 0.162 e. The predicted molar refractivity (Wildman–Crippen MR) is 392 cm³/mol. The molecule has 6 nitrogen and oxygen atoms in total. The summed E-state index contributed by atoms with van der Waals surface area (Å²) in [6.45, 7) is 30.6. The molecule has 0 bridgehead atoms. The highest BCUT2D eigenvalue weighted by Crippen LogP contribution is 2.46. The Morgan fingerprint density at radius 3 is 1.08 bits per heavy atom. The topological polar surface area (TPSA) is 59.8 Å². The van der Waals surface area contributed by atoms with Crippen molar-refractivity contribution in [1.82, 2.24) is 14.1 Å². The average molecular weight is 1190 g/mol. The van der Waals surface area contributed by atoms with Crippen LogP contribution in [0, 0.1) is 83.1 Å². The molecule has 0 radical (unpaired) electrons. The van der Waals surface area contributed by atoms with Crippen LogP contribution in [0.4, 0.5) is 5.69 Å². The predicted octanol–water partition coefficient (Wildman–Crippen LogP) is 22.5. The van der Waals surface area contributed by atoms with Gasteiger partial charge in [-0.15, -0.1) is 0 Å². The molecule has 6 heteroatoms. The molecule has 0 saturated heterocycles. The molecule has 0 aliphatic carbocycles. The maximum Gasteiger partial charge on any atom is 0.162 e. The van der Waals surface area contributed by atoms with Gasteiger partial charge in [-0.05, 0) is 252 Å². The summed E-state index contributed by atoms with van der Waals surface area (Å²) in [6, 6.07) is 75.6. The van der Waals surface area contributed by atoms with Gasteiger partial charge in [0.2, 0.25) is 0 Å². The Hall–Kier alpha value is -10.8. The Morgan fingerprint density at radius 1 is 0.348 bits per heavy atom. The molecular formula is C86H74N6. The van der Waals surface area contributed by atoms with Crippen LogP contribution in [0.5, 0.6) is 0 Å². The molecule has 0 aliphatic heterocycles. The molecule has 14 rings (SSSR count). The zero-order valence-corrected chi connectivity index (χ0v) is 54.7. The minimum atomic E-state index is 0.473. The Balaban J connectivity index is 1.06. The molecule has 448 valence electrons. The third kappa shape index (κ3) is 10.5. The molecular weight excluding hydrogens is 1120 g/mol. The van der Waals surface area contributed by atoms with Gasteiger partial charge in [-0.2, -0.15) is 0 Å². The van der Waals surface area contributed by atoms with Crippen molar-refractivity contribution in [3.63, 3.8) is 0 Å². The van der Waals surface area contributed by atoms with Crippen LogP contribution in [0.1, 0.15) is 77.9 Å². The highest BCUT2D eigenvalue weighted by Gasteiger charge is 2.24. The first-order valence-electron chi connectivity index (χ1n) is 31.8. The molecule has 0 spiro atoms. The molecule has 3 heterocycles. The number of benzene rings is 11. The zero-order chi connectivity index (χ0) is 63.8. The molecule has 0 saturated carbocycles. The van der Waals surface area contributed by atoms with Gasteiger partial charge < -0.3 is 9.13 Å². The quantitative estimate of drug-likeness (QED) is 0.0994. The van der Waals surface area contributed by atoms with E-state index in [1.807, 2.05) is 60.9 Å². The van der Waals surface area contributed by atoms with Crippen LogP contribution in [-0.2, 0) is 0 Å². The van der Waals surface area contributed by atoms with E-state index in [-0.39, 0.29) is 0 Å². The van der Waals surface area contributed by atoms with Crippen LogP contribution in [0.2, 0.25) is 0 Å². The van der Waals surface area contributed by atoms with Crippen LogP contribution in [-0.4, -0.2) is 32.5 Å². The van der Waals surface area contributed by atoms with Gasteiger partial charge in [0.05, 0.1) is 33.4 Å². The van der Waals surface area contributed by atoms with Crippen LogP contribution in [0.25, 0.3) is 111 Å². The Labute approximate surface area is 540 Å². The van der Waals surface area contributed by atoms with Crippen molar-refractivity contribution < 1.29 is 0 Å². The summed E-state index contributed by atoms with van der Waals surface area (Å²) in [5, 5.41) is 4.68. The van der Waals surface area contributed by atoms with Gasteiger partial charge in [-0.3, -0.25) is 4.98 Å². The maximum absolute atomic E-state index is 5.68. The first-order valence-corrected chi connectivity index (χ1v) is 31.8. The molecule has 0 fully saturated rings. The summed E-state index contributed by atoms with van der Waals surface area (Å²) in [6.07, 6.45) is 3.93. The average Bonchev–Trinajstić information content (AvgIpc) is 1.59. The van der Waals surface area contributed by atoms with Crippen LogP contribution in [0.15, 0.2) is 234 Å². The molecule has 92 heavy (non-hydrogen) atoms. The van der Waals surface area contributed by atoms with Gasteiger partial charge in [-0.25, -0.2) is 15.0 Å². The van der Waals surface area contributed by atoms with E-state index in [0.29, 0.717) is 17.4 Å². The Kier molecular flexibility index (Phi) is 15.0. The summed E-state index contributed by atoms with van der Waals surface area (Å²) >= 11 is 0. The second-order valence-corrected chi connectivity index (χ2v) is 25.5. The largest absolute Gasteiger partial charge is 0.309 e. The highest BCUT2D eigenvalue weighted by atomic mass is 15.0. The third-order valence-electron chi connectivity index (χ3n) is 18.6. The third-order valence-corrected chi connectivity index (χ3v) is 18.6. The van der Waals surface area contributed by atoms with E-state index in [2.05, 4.69) is 262 Å². The van der Waals surface area contributed by atoms with Crippen molar-refractivity contribution >= 4 is 67.7 Å². The standard InChI is InChI=1S/C86H74N6/c1-50-36-54(5)81(55(6)37-50)64-24-30-76-70(44-64)71-45-65(82-56(7)38-51(2)39-57(82)8)25-31-77(71)91(76)68-28-29-75(89-86(63-22-18-15-19-23-63)90-85(87-13)62-20-16-14-17-21-62)69(48-68)74-49-88-35-34-80(74)92-78-32-26-66(83-58(9)40-52(3)41-59(83)10)46-72(78)73-47-67(27-33-79(73)92)84-60(11)42-53(4)43-61(84)12/h14-49H,13H2,1-12H3/b89-86-,90-85-. The normalized spacial score (nSPS) is 12.1. The fourth-order valence-electron chi connectivity index (χ4n) is 15.2. The first kappa shape index (κ1) is 58.8. The van der Waals surface area contributed by atoms with E-state index in [4.69, 9.17) is 15.0 Å². The molecule has 11 aromatic carbocycles. The second-order valence-electron chi connectivity index (χ2n) is 25.5. The zero-order valence-electron chi connectivity index (χ0n) is 54.7. The minimum absolute atomic E-state index is 0.473. The lowest BCUT2D eigenvalue weighted by atomic mass is 9.91. The molecule has 0 unspecified atom stereocenters. The van der Waals surface area contributed by atoms with Gasteiger partial charge in [-0.1, -0.05) is 156 Å². The van der Waals surface area contributed by atoms with Gasteiger partial charge in [0.15, 0.2) is 11.7 Å². The monoisotopic (exact) mass is 1190 g/mol. The van der Waals surface area contributed by atoms with Gasteiger partial charge in [0.25, 0.3) is 0 Å². The molecule has 14 aromatic rings. The van der Waals surface area contributed by atoms with Gasteiger partial charge >= 0.3 is 0 Å². The lowest BCUT2D eigenvalue weighted by Gasteiger charge is -2.18. The summed E-state index contributed by atoms with van der Waals surface area (Å²) in [5.74, 6) is 0.970. The Morgan fingerprint density at radius 2 is 0.707 bits per heavy atom. The maximum atomic E-state index is 5.68. The number of amidine groups is 2. The number of pyridine rings is 1. The Bertz CT molecular complexity index is 5090. The van der Waals surface area contributed by atoms with E-state index >= 15 is 0 Å². The van der Waals surface area contributed by atoms with Crippen molar-refractivity contribution in [2.45, 2.75) is 83.1 Å². The number of hydrogen-bond acceptors (Lipinski definition) is 2. The number of nitrogens with zero attached hydrogens (tertiary/aromatic N) is 6. The fraction of sp³-hybridized carbons (Fsp3) is 0.140. The second kappa shape index (κ2) is 23.5. The van der Waals surface area contributed by atoms with Crippen LogP contribution in [0.3, 0.4) is 0 Å². The van der Waals surface area contributed by atoms with E-state index in [1.54, 1.807) is 0 Å².